The van der Waals surface area contributed by atoms with Gasteiger partial charge in [0.25, 0.3) is 0 Å². The Bertz CT molecular complexity index is 1930. The molecule has 0 bridgehead atoms. The summed E-state index contributed by atoms with van der Waals surface area (Å²) in [5.74, 6) is 0. The van der Waals surface area contributed by atoms with Crippen LogP contribution in [0.4, 0.5) is 11.4 Å². The number of hydrogen-bond donors (Lipinski definition) is 0. The second-order valence-electron chi connectivity index (χ2n) is 10.7. The van der Waals surface area contributed by atoms with Gasteiger partial charge in [-0.25, -0.2) is 0 Å². The van der Waals surface area contributed by atoms with Gasteiger partial charge in [-0.3, -0.25) is 0 Å². The van der Waals surface area contributed by atoms with E-state index in [0.717, 1.165) is 19.4 Å². The second-order valence-corrected chi connectivity index (χ2v) is 10.7. The zero-order valence-electron chi connectivity index (χ0n) is 25.5. The quantitative estimate of drug-likeness (QED) is 0.141. The average molecular weight is 646 g/mol. The maximum atomic E-state index is 6.94. The van der Waals surface area contributed by atoms with Gasteiger partial charge in [-0.15, -0.1) is 0 Å². The Balaban J connectivity index is 0.000000165. The molecule has 0 atom stereocenters. The van der Waals surface area contributed by atoms with Crippen LogP contribution in [0.2, 0.25) is 0 Å². The summed E-state index contributed by atoms with van der Waals surface area (Å²) in [7, 11) is 0. The van der Waals surface area contributed by atoms with Crippen molar-refractivity contribution in [2.45, 2.75) is 19.4 Å². The predicted molar refractivity (Wildman–Crippen MR) is 182 cm³/mol. The molecule has 7 aromatic rings. The van der Waals surface area contributed by atoms with Crippen LogP contribution >= 0.6 is 0 Å². The number of hydrogen-bond acceptors (Lipinski definition) is 0. The zero-order chi connectivity index (χ0) is 30.1. The Hall–Kier alpha value is -3.19. The molecule has 0 amide bonds. The third kappa shape index (κ3) is 7.45. The number of fused-ring (bicyclic) bond motifs is 6. The molecule has 3 nitrogen and oxygen atoms in total. The summed E-state index contributed by atoms with van der Waals surface area (Å²) in [6.45, 7) is 1.01. The number of aromatic nitrogens is 1. The van der Waals surface area contributed by atoms with Gasteiger partial charge in [0.2, 0.25) is 11.4 Å². The summed E-state index contributed by atoms with van der Waals surface area (Å²) in [6, 6.07) is 55.9. The molecule has 0 saturated heterocycles. The first-order valence-corrected chi connectivity index (χ1v) is 15.5. The van der Waals surface area contributed by atoms with Crippen molar-refractivity contribution in [1.29, 1.82) is 0 Å². The van der Waals surface area contributed by atoms with E-state index in [1.165, 1.54) is 72.7 Å². The summed E-state index contributed by atoms with van der Waals surface area (Å²) in [4.78, 5) is 0. The van der Waals surface area contributed by atoms with Crippen LogP contribution in [-0.2, 0) is 36.6 Å². The fourth-order valence-corrected chi connectivity index (χ4v) is 6.09. The van der Waals surface area contributed by atoms with Crippen molar-refractivity contribution >= 4 is 39.4 Å². The maximum absolute atomic E-state index is 6.94. The number of benzene rings is 6. The first-order valence-electron chi connectivity index (χ1n) is 14.9. The van der Waals surface area contributed by atoms with Crippen LogP contribution in [0.25, 0.3) is 37.1 Å². The fourth-order valence-electron chi connectivity index (χ4n) is 6.09. The molecule has 0 radical (unpaired) electrons. The van der Waals surface area contributed by atoms with Gasteiger partial charge < -0.3 is 4.57 Å². The van der Waals surface area contributed by atoms with Gasteiger partial charge in [0.1, 0.15) is 0 Å². The summed E-state index contributed by atoms with van der Waals surface area (Å²) in [5, 5.41) is 2.70. The van der Waals surface area contributed by atoms with Crippen LogP contribution < -0.4 is 56.0 Å². The third-order valence-electron chi connectivity index (χ3n) is 8.12. The standard InChI is InChI=1S/C20H17N.C20H16N.K.N.V/c2*1-2-8-16(9-3-1)14-15-21-19-12-6-4-10-17(19)18-11-5-7-13-20(18)21;;;/h1-13H,14-15H2;1-13,15H,14H2;;;/q;2*+1;-1;. The van der Waals surface area contributed by atoms with E-state index in [9.17, 15) is 0 Å². The Morgan fingerprint density at radius 2 is 0.933 bits per heavy atom. The van der Waals surface area contributed by atoms with E-state index in [2.05, 4.69) is 173 Å². The molecule has 0 unspecified atom stereocenters. The van der Waals surface area contributed by atoms with Crippen molar-refractivity contribution in [3.05, 3.63) is 173 Å². The maximum Gasteiger partial charge on any atom is 0.0491 e. The fraction of sp³-hybridized carbons (Fsp3) is 0.0750. The predicted octanol–water partition coefficient (Wildman–Crippen LogP) is 7.14. The van der Waals surface area contributed by atoms with Crippen LogP contribution in [0.5, 0.6) is 0 Å². The largest absolute Gasteiger partial charge is 0.340 e. The van der Waals surface area contributed by atoms with Crippen molar-refractivity contribution < 1.29 is 68.6 Å². The Labute approximate surface area is 317 Å². The van der Waals surface area contributed by atoms with E-state index in [0.29, 0.717) is 0 Å². The normalized spacial score (nSPS) is 10.9. The van der Waals surface area contributed by atoms with Gasteiger partial charge >= 0.3 is 72.8 Å². The minimum absolute atomic E-state index is 0. The topological polar surface area (TPSA) is 30.2 Å². The number of rotatable bonds is 5. The van der Waals surface area contributed by atoms with Crippen molar-refractivity contribution in [3.63, 3.8) is 0 Å². The SMILES string of the molecule is C(Cc1ccccc1)=[N+]1c2ccccc2-c2ccccc21.[K+].[N-]=[V].c1ccc(CCn2c3ccccc3c3ccccc32)cc1. The number of nitrogens with zero attached hydrogens (tertiary/aromatic N) is 3. The molecule has 45 heavy (non-hydrogen) atoms. The van der Waals surface area contributed by atoms with Gasteiger partial charge in [0.15, 0.2) is 6.21 Å². The van der Waals surface area contributed by atoms with Gasteiger partial charge in [-0.2, -0.15) is 4.58 Å². The third-order valence-corrected chi connectivity index (χ3v) is 8.12. The smallest absolute Gasteiger partial charge is 0.0491 e. The van der Waals surface area contributed by atoms with Gasteiger partial charge in [0, 0.05) is 40.5 Å². The molecular weight excluding hydrogens is 613 g/mol. The molecule has 6 aromatic carbocycles. The van der Waals surface area contributed by atoms with Crippen LogP contribution in [0.1, 0.15) is 11.1 Å². The molecule has 8 rings (SSSR count). The van der Waals surface area contributed by atoms with Gasteiger partial charge in [-0.1, -0.05) is 121 Å². The molecule has 1 aromatic heterocycles. The monoisotopic (exact) mass is 645 g/mol. The zero-order valence-corrected chi connectivity index (χ0v) is 30.0. The van der Waals surface area contributed by atoms with Crippen LogP contribution in [0.3, 0.4) is 0 Å². The second kappa shape index (κ2) is 16.4. The minimum Gasteiger partial charge on any atom is -0.340 e. The molecule has 1 aliphatic rings. The van der Waals surface area contributed by atoms with Gasteiger partial charge in [0.05, 0.1) is 17.5 Å². The summed E-state index contributed by atoms with van der Waals surface area (Å²) >= 11 is 1.31. The van der Waals surface area contributed by atoms with E-state index in [1.807, 2.05) is 0 Å². The number of aryl methyl sites for hydroxylation is 2. The Kier molecular flexibility index (Phi) is 12.1. The molecular formula is C40H33KN3V+. The van der Waals surface area contributed by atoms with E-state index in [1.54, 1.807) is 0 Å². The molecule has 0 N–H and O–H groups in total. The van der Waals surface area contributed by atoms with Crippen LogP contribution in [0, 0.1) is 0 Å². The summed E-state index contributed by atoms with van der Waals surface area (Å²) < 4.78 is 11.7. The molecule has 0 aliphatic carbocycles. The van der Waals surface area contributed by atoms with Crippen LogP contribution in [-0.4, -0.2) is 10.8 Å². The van der Waals surface area contributed by atoms with Gasteiger partial charge in [-0.05, 0) is 41.8 Å². The molecule has 0 saturated carbocycles. The van der Waals surface area contributed by atoms with Crippen LogP contribution in [0.15, 0.2) is 158 Å². The van der Waals surface area contributed by atoms with E-state index in [-0.39, 0.29) is 51.4 Å². The summed E-state index contributed by atoms with van der Waals surface area (Å²) in [6.07, 6.45) is 4.27. The summed E-state index contributed by atoms with van der Waals surface area (Å²) in [5.41, 5.74) is 10.6. The first kappa shape index (κ1) is 33.2. The number of para-hydroxylation sites is 4. The molecule has 5 heteroatoms. The average Bonchev–Trinajstić information content (AvgIpc) is 3.61. The van der Waals surface area contributed by atoms with E-state index in [4.69, 9.17) is 4.21 Å². The first-order chi connectivity index (χ1) is 21.9. The van der Waals surface area contributed by atoms with Crippen molar-refractivity contribution in [3.8, 4) is 11.1 Å². The molecule has 213 valence electrons. The molecule has 0 spiro atoms. The Morgan fingerprint density at radius 1 is 0.511 bits per heavy atom. The minimum atomic E-state index is 0. The molecule has 1 aliphatic heterocycles. The van der Waals surface area contributed by atoms with E-state index < -0.39 is 0 Å². The molecule has 0 fully saturated rings. The van der Waals surface area contributed by atoms with Crippen molar-refractivity contribution in [2.24, 2.45) is 0 Å². The Morgan fingerprint density at radius 3 is 1.47 bits per heavy atom. The van der Waals surface area contributed by atoms with Crippen molar-refractivity contribution in [2.75, 3.05) is 0 Å². The van der Waals surface area contributed by atoms with E-state index >= 15 is 0 Å². The van der Waals surface area contributed by atoms with Crippen molar-refractivity contribution in [1.82, 2.24) is 9.14 Å². The molecule has 2 heterocycles.